The van der Waals surface area contributed by atoms with Gasteiger partial charge in [-0.3, -0.25) is 4.99 Å². The highest BCUT2D eigenvalue weighted by Crippen LogP contribution is 2.30. The molecule has 2 N–H and O–H groups in total. The van der Waals surface area contributed by atoms with Crippen molar-refractivity contribution in [1.82, 2.24) is 10.6 Å². The second-order valence-corrected chi connectivity index (χ2v) is 5.93. The molecule has 3 rings (SSSR count). The summed E-state index contributed by atoms with van der Waals surface area (Å²) >= 11 is 0. The number of aliphatic imine (C=N–C) groups is 1. The van der Waals surface area contributed by atoms with E-state index in [2.05, 4.69) is 27.8 Å². The normalized spacial score (nSPS) is 12.7. The molecule has 6 nitrogen and oxygen atoms in total. The Balaban J connectivity index is 0.00000261. The number of benzene rings is 2. The molecule has 0 spiro atoms. The number of ether oxygens (including phenoxy) is 3. The molecular weight excluding hydrogens is 457 g/mol. The average Bonchev–Trinajstić information content (AvgIpc) is 2.70. The van der Waals surface area contributed by atoms with Crippen molar-refractivity contribution in [3.63, 3.8) is 0 Å². The zero-order valence-corrected chi connectivity index (χ0v) is 18.0. The third-order valence-corrected chi connectivity index (χ3v) is 4.13. The second-order valence-electron chi connectivity index (χ2n) is 5.93. The van der Waals surface area contributed by atoms with Gasteiger partial charge in [0.15, 0.2) is 17.5 Å². The number of rotatable bonds is 6. The maximum Gasteiger partial charge on any atom is 0.191 e. The van der Waals surface area contributed by atoms with Crippen LogP contribution in [0.25, 0.3) is 0 Å². The molecule has 146 valence electrons. The van der Waals surface area contributed by atoms with Crippen molar-refractivity contribution in [2.75, 3.05) is 33.9 Å². The summed E-state index contributed by atoms with van der Waals surface area (Å²) in [6, 6.07) is 14.1. The number of methoxy groups -OCH3 is 1. The second kappa shape index (κ2) is 10.9. The molecule has 0 fully saturated rings. The van der Waals surface area contributed by atoms with Gasteiger partial charge in [-0.15, -0.1) is 24.0 Å². The lowest BCUT2D eigenvalue weighted by Gasteiger charge is -2.19. The number of halogens is 1. The van der Waals surface area contributed by atoms with Crippen LogP contribution in [0.4, 0.5) is 0 Å². The molecule has 0 unspecified atom stereocenters. The zero-order chi connectivity index (χ0) is 18.2. The summed E-state index contributed by atoms with van der Waals surface area (Å²) in [4.78, 5) is 4.27. The predicted molar refractivity (Wildman–Crippen MR) is 118 cm³/mol. The first-order valence-electron chi connectivity index (χ1n) is 8.74. The maximum absolute atomic E-state index is 5.63. The van der Waals surface area contributed by atoms with Crippen LogP contribution in [-0.4, -0.2) is 39.9 Å². The first-order valence-corrected chi connectivity index (χ1v) is 8.74. The highest BCUT2D eigenvalue weighted by Gasteiger charge is 2.11. The fourth-order valence-electron chi connectivity index (χ4n) is 2.76. The highest BCUT2D eigenvalue weighted by molar-refractivity contribution is 14.0. The van der Waals surface area contributed by atoms with Gasteiger partial charge in [0.2, 0.25) is 0 Å². The van der Waals surface area contributed by atoms with Crippen LogP contribution in [0.3, 0.4) is 0 Å². The SMILES string of the molecule is CN=C(NCCc1ccc2c(c1)OCCO2)NCc1cccc(OC)c1.I. The first-order chi connectivity index (χ1) is 12.8. The number of hydrogen-bond donors (Lipinski definition) is 2. The summed E-state index contributed by atoms with van der Waals surface area (Å²) in [6.45, 7) is 2.68. The lowest BCUT2D eigenvalue weighted by Crippen LogP contribution is -2.37. The standard InChI is InChI=1S/C20H25N3O3.HI/c1-21-20(23-14-16-4-3-5-17(12-16)24-2)22-9-8-15-6-7-18-19(13-15)26-11-10-25-18;/h3-7,12-13H,8-11,14H2,1-2H3,(H2,21,22,23);1H. The Hall–Kier alpha value is -2.16. The van der Waals surface area contributed by atoms with Gasteiger partial charge in [-0.2, -0.15) is 0 Å². The molecule has 0 bridgehead atoms. The van der Waals surface area contributed by atoms with E-state index in [1.165, 1.54) is 5.56 Å². The van der Waals surface area contributed by atoms with Crippen LogP contribution in [0.5, 0.6) is 17.2 Å². The molecule has 1 aliphatic heterocycles. The Morgan fingerprint density at radius 2 is 1.85 bits per heavy atom. The molecule has 0 atom stereocenters. The smallest absolute Gasteiger partial charge is 0.191 e. The van der Waals surface area contributed by atoms with Crippen molar-refractivity contribution in [2.24, 2.45) is 4.99 Å². The fraction of sp³-hybridized carbons (Fsp3) is 0.350. The highest BCUT2D eigenvalue weighted by atomic mass is 127. The Morgan fingerprint density at radius 3 is 2.63 bits per heavy atom. The van der Waals surface area contributed by atoms with E-state index in [0.717, 1.165) is 41.7 Å². The van der Waals surface area contributed by atoms with Crippen LogP contribution in [0.1, 0.15) is 11.1 Å². The summed E-state index contributed by atoms with van der Waals surface area (Å²) < 4.78 is 16.4. The molecule has 1 heterocycles. The monoisotopic (exact) mass is 483 g/mol. The Morgan fingerprint density at radius 1 is 1.04 bits per heavy atom. The van der Waals surface area contributed by atoms with E-state index in [1.54, 1.807) is 14.2 Å². The van der Waals surface area contributed by atoms with E-state index in [1.807, 2.05) is 30.3 Å². The minimum Gasteiger partial charge on any atom is -0.497 e. The fourth-order valence-corrected chi connectivity index (χ4v) is 2.76. The molecule has 2 aromatic rings. The third kappa shape index (κ3) is 6.20. The van der Waals surface area contributed by atoms with Crippen molar-refractivity contribution in [3.8, 4) is 17.2 Å². The molecule has 0 saturated carbocycles. The van der Waals surface area contributed by atoms with E-state index in [0.29, 0.717) is 19.8 Å². The summed E-state index contributed by atoms with van der Waals surface area (Å²) in [6.07, 6.45) is 0.872. The molecule has 0 aromatic heterocycles. The minimum atomic E-state index is 0. The topological polar surface area (TPSA) is 64.1 Å². The molecule has 27 heavy (non-hydrogen) atoms. The lowest BCUT2D eigenvalue weighted by atomic mass is 10.1. The van der Waals surface area contributed by atoms with E-state index in [-0.39, 0.29) is 24.0 Å². The van der Waals surface area contributed by atoms with Gasteiger partial charge in [0.05, 0.1) is 7.11 Å². The zero-order valence-electron chi connectivity index (χ0n) is 15.7. The van der Waals surface area contributed by atoms with Gasteiger partial charge in [0.25, 0.3) is 0 Å². The van der Waals surface area contributed by atoms with E-state index < -0.39 is 0 Å². The van der Waals surface area contributed by atoms with Gasteiger partial charge in [-0.1, -0.05) is 18.2 Å². The van der Waals surface area contributed by atoms with Crippen LogP contribution in [0, 0.1) is 0 Å². The van der Waals surface area contributed by atoms with Gasteiger partial charge < -0.3 is 24.8 Å². The van der Waals surface area contributed by atoms with Crippen molar-refractivity contribution in [1.29, 1.82) is 0 Å². The van der Waals surface area contributed by atoms with Crippen molar-refractivity contribution >= 4 is 29.9 Å². The Labute approximate surface area is 177 Å². The third-order valence-electron chi connectivity index (χ3n) is 4.13. The molecule has 0 amide bonds. The average molecular weight is 483 g/mol. The minimum absolute atomic E-state index is 0. The number of nitrogens with one attached hydrogen (secondary N) is 2. The summed E-state index contributed by atoms with van der Waals surface area (Å²) in [5.41, 5.74) is 2.34. The van der Waals surface area contributed by atoms with Crippen LogP contribution >= 0.6 is 24.0 Å². The van der Waals surface area contributed by atoms with Crippen molar-refractivity contribution in [2.45, 2.75) is 13.0 Å². The van der Waals surface area contributed by atoms with Gasteiger partial charge in [0, 0.05) is 20.1 Å². The maximum atomic E-state index is 5.63. The quantitative estimate of drug-likeness (QED) is 0.376. The number of hydrogen-bond acceptors (Lipinski definition) is 4. The number of fused-ring (bicyclic) bond motifs is 1. The van der Waals surface area contributed by atoms with Crippen LogP contribution in [0.2, 0.25) is 0 Å². The van der Waals surface area contributed by atoms with Gasteiger partial charge in [-0.25, -0.2) is 0 Å². The molecular formula is C20H26IN3O3. The van der Waals surface area contributed by atoms with Crippen LogP contribution < -0.4 is 24.8 Å². The summed E-state index contributed by atoms with van der Waals surface area (Å²) in [7, 11) is 3.44. The largest absolute Gasteiger partial charge is 0.497 e. The molecule has 0 saturated heterocycles. The first kappa shape index (κ1) is 21.1. The molecule has 2 aromatic carbocycles. The summed E-state index contributed by atoms with van der Waals surface area (Å²) in [5.74, 6) is 3.27. The summed E-state index contributed by atoms with van der Waals surface area (Å²) in [5, 5.41) is 6.64. The molecule has 1 aliphatic rings. The van der Waals surface area contributed by atoms with Gasteiger partial charge >= 0.3 is 0 Å². The van der Waals surface area contributed by atoms with Crippen LogP contribution in [-0.2, 0) is 13.0 Å². The van der Waals surface area contributed by atoms with Crippen molar-refractivity contribution < 1.29 is 14.2 Å². The van der Waals surface area contributed by atoms with Gasteiger partial charge in [0.1, 0.15) is 19.0 Å². The molecule has 7 heteroatoms. The lowest BCUT2D eigenvalue weighted by molar-refractivity contribution is 0.171. The van der Waals surface area contributed by atoms with E-state index >= 15 is 0 Å². The Kier molecular flexibility index (Phi) is 8.50. The molecule has 0 aliphatic carbocycles. The van der Waals surface area contributed by atoms with E-state index in [9.17, 15) is 0 Å². The van der Waals surface area contributed by atoms with Gasteiger partial charge in [-0.05, 0) is 41.8 Å². The Bertz CT molecular complexity index is 768. The number of nitrogens with zero attached hydrogens (tertiary/aromatic N) is 1. The van der Waals surface area contributed by atoms with Crippen molar-refractivity contribution in [3.05, 3.63) is 53.6 Å². The van der Waals surface area contributed by atoms with Crippen LogP contribution in [0.15, 0.2) is 47.5 Å². The van der Waals surface area contributed by atoms with E-state index in [4.69, 9.17) is 14.2 Å². The molecule has 0 radical (unpaired) electrons. The predicted octanol–water partition coefficient (Wildman–Crippen LogP) is 2.99. The number of guanidine groups is 1.